The molecule has 0 fully saturated rings. The van der Waals surface area contributed by atoms with Gasteiger partial charge in [-0.05, 0) is 11.6 Å². The van der Waals surface area contributed by atoms with Gasteiger partial charge in [-0.1, -0.05) is 36.4 Å². The Hall–Kier alpha value is -1.67. The van der Waals surface area contributed by atoms with Crippen LogP contribution in [-0.4, -0.2) is 4.86 Å². The largest absolute Gasteiger partial charge is 0.377 e. The van der Waals surface area contributed by atoms with Gasteiger partial charge in [0.15, 0.2) is 4.86 Å². The number of hydrogen-bond acceptors (Lipinski definition) is 1. The Morgan fingerprint density at radius 3 is 2.56 bits per heavy atom. The van der Waals surface area contributed by atoms with E-state index in [1.54, 1.807) is 0 Å². The molecule has 2 heteroatoms. The fraction of sp³-hybridized carbons (Fsp3) is 0.188. The molecule has 2 aromatic rings. The van der Waals surface area contributed by atoms with Gasteiger partial charge in [0.1, 0.15) is 0 Å². The minimum absolute atomic E-state index is 0.417. The summed E-state index contributed by atoms with van der Waals surface area (Å²) in [4.78, 5) is 2.90. The van der Waals surface area contributed by atoms with E-state index >= 15 is 0 Å². The first-order valence-corrected chi connectivity index (χ1v) is 7.12. The third-order valence-electron chi connectivity index (χ3n) is 3.90. The van der Waals surface area contributed by atoms with Crippen LogP contribution in [0.25, 0.3) is 0 Å². The number of benzene rings is 2. The second-order valence-electron chi connectivity index (χ2n) is 4.94. The Morgan fingerprint density at radius 1 is 0.944 bits per heavy atom. The predicted molar refractivity (Wildman–Crippen MR) is 78.3 cm³/mol. The van der Waals surface area contributed by atoms with E-state index in [1.807, 2.05) is 11.4 Å². The SMILES string of the molecule is CC1=[S+]c2ccccc2C2Nc3ccccc3C12. The van der Waals surface area contributed by atoms with E-state index in [9.17, 15) is 0 Å². The Kier molecular flexibility index (Phi) is 2.09. The van der Waals surface area contributed by atoms with Crippen LogP contribution in [0, 0.1) is 0 Å². The van der Waals surface area contributed by atoms with E-state index in [2.05, 4.69) is 60.8 Å². The highest BCUT2D eigenvalue weighted by Gasteiger charge is 2.43. The minimum atomic E-state index is 0.417. The van der Waals surface area contributed by atoms with Gasteiger partial charge in [0.05, 0.1) is 12.0 Å². The van der Waals surface area contributed by atoms with Crippen LogP contribution in [0.1, 0.15) is 30.0 Å². The van der Waals surface area contributed by atoms with Gasteiger partial charge in [-0.2, -0.15) is 0 Å². The van der Waals surface area contributed by atoms with Crippen LogP contribution in [0.5, 0.6) is 0 Å². The van der Waals surface area contributed by atoms with Crippen molar-refractivity contribution in [3.05, 3.63) is 59.7 Å². The highest BCUT2D eigenvalue weighted by Crippen LogP contribution is 2.47. The molecule has 0 amide bonds. The molecule has 1 nitrogen and oxygen atoms in total. The molecule has 18 heavy (non-hydrogen) atoms. The second kappa shape index (κ2) is 3.66. The van der Waals surface area contributed by atoms with Gasteiger partial charge in [0, 0.05) is 24.2 Å². The standard InChI is InChI=1S/C16H14NS/c1-10-15-11-6-2-4-8-13(11)17-16(15)12-7-3-5-9-14(12)18-10/h2-9,15-17H,1H3/q+1. The second-order valence-corrected chi connectivity index (χ2v) is 6.23. The van der Waals surface area contributed by atoms with E-state index in [1.165, 1.54) is 26.6 Å². The van der Waals surface area contributed by atoms with E-state index in [4.69, 9.17) is 0 Å². The summed E-state index contributed by atoms with van der Waals surface area (Å²) in [6.07, 6.45) is 0. The van der Waals surface area contributed by atoms with Crippen molar-refractivity contribution < 1.29 is 0 Å². The summed E-state index contributed by atoms with van der Waals surface area (Å²) >= 11 is 1.93. The Morgan fingerprint density at radius 2 is 1.67 bits per heavy atom. The lowest BCUT2D eigenvalue weighted by molar-refractivity contribution is 0.749. The molecule has 4 rings (SSSR count). The predicted octanol–water partition coefficient (Wildman–Crippen LogP) is 3.58. The molecule has 88 valence electrons. The minimum Gasteiger partial charge on any atom is -0.377 e. The summed E-state index contributed by atoms with van der Waals surface area (Å²) in [7, 11) is 0. The molecule has 0 saturated carbocycles. The number of hydrogen-bond donors (Lipinski definition) is 1. The zero-order valence-corrected chi connectivity index (χ0v) is 11.0. The van der Waals surface area contributed by atoms with Gasteiger partial charge in [-0.15, -0.1) is 0 Å². The van der Waals surface area contributed by atoms with Crippen molar-refractivity contribution >= 4 is 21.9 Å². The normalized spacial score (nSPS) is 23.5. The van der Waals surface area contributed by atoms with Crippen molar-refractivity contribution in [2.24, 2.45) is 0 Å². The Balaban J connectivity index is 1.94. The van der Waals surface area contributed by atoms with Crippen molar-refractivity contribution in [3.63, 3.8) is 0 Å². The van der Waals surface area contributed by atoms with Gasteiger partial charge in [0.25, 0.3) is 0 Å². The van der Waals surface area contributed by atoms with Gasteiger partial charge in [0.2, 0.25) is 16.2 Å². The van der Waals surface area contributed by atoms with E-state index < -0.39 is 0 Å². The summed E-state index contributed by atoms with van der Waals surface area (Å²) in [6.45, 7) is 2.27. The lowest BCUT2D eigenvalue weighted by atomic mass is 9.88. The average Bonchev–Trinajstić information content (AvgIpc) is 2.79. The zero-order valence-electron chi connectivity index (χ0n) is 10.2. The highest BCUT2D eigenvalue weighted by atomic mass is 32.1. The molecular weight excluding hydrogens is 238 g/mol. The smallest absolute Gasteiger partial charge is 0.236 e. The summed E-state index contributed by atoms with van der Waals surface area (Å²) in [5.41, 5.74) is 4.18. The highest BCUT2D eigenvalue weighted by molar-refractivity contribution is 7.79. The first kappa shape index (κ1) is 10.3. The van der Waals surface area contributed by atoms with E-state index in [0.29, 0.717) is 12.0 Å². The van der Waals surface area contributed by atoms with Crippen molar-refractivity contribution in [2.75, 3.05) is 5.32 Å². The molecule has 0 spiro atoms. The van der Waals surface area contributed by atoms with Gasteiger partial charge in [-0.25, -0.2) is 0 Å². The van der Waals surface area contributed by atoms with Gasteiger partial charge < -0.3 is 5.32 Å². The molecular formula is C16H14NS+. The van der Waals surface area contributed by atoms with Crippen LogP contribution in [-0.2, 0) is 11.4 Å². The van der Waals surface area contributed by atoms with Crippen molar-refractivity contribution in [3.8, 4) is 0 Å². The monoisotopic (exact) mass is 252 g/mol. The van der Waals surface area contributed by atoms with Crippen LogP contribution in [0.2, 0.25) is 0 Å². The van der Waals surface area contributed by atoms with Gasteiger partial charge >= 0.3 is 0 Å². The van der Waals surface area contributed by atoms with Crippen molar-refractivity contribution in [1.29, 1.82) is 0 Å². The fourth-order valence-electron chi connectivity index (χ4n) is 3.11. The number of anilines is 1. The topological polar surface area (TPSA) is 12.0 Å². The number of rotatable bonds is 0. The first-order valence-electron chi connectivity index (χ1n) is 6.30. The van der Waals surface area contributed by atoms with E-state index in [-0.39, 0.29) is 0 Å². The summed E-state index contributed by atoms with van der Waals surface area (Å²) < 4.78 is 0. The lowest BCUT2D eigenvalue weighted by Crippen LogP contribution is -2.23. The quantitative estimate of drug-likeness (QED) is 0.558. The Bertz CT molecular complexity index is 660. The molecule has 2 unspecified atom stereocenters. The maximum Gasteiger partial charge on any atom is 0.236 e. The third-order valence-corrected chi connectivity index (χ3v) is 5.07. The molecule has 2 atom stereocenters. The summed E-state index contributed by atoms with van der Waals surface area (Å²) in [5, 5.41) is 3.69. The van der Waals surface area contributed by atoms with Crippen LogP contribution in [0.15, 0.2) is 53.4 Å². The number of para-hydroxylation sites is 1. The average molecular weight is 252 g/mol. The lowest BCUT2D eigenvalue weighted by Gasteiger charge is -2.20. The van der Waals surface area contributed by atoms with Crippen molar-refractivity contribution in [2.45, 2.75) is 23.8 Å². The molecule has 2 aliphatic rings. The summed E-state index contributed by atoms with van der Waals surface area (Å²) in [6, 6.07) is 17.9. The Labute approximate surface area is 111 Å². The maximum atomic E-state index is 3.69. The number of fused-ring (bicyclic) bond motifs is 5. The molecule has 0 saturated heterocycles. The molecule has 2 aromatic carbocycles. The van der Waals surface area contributed by atoms with Crippen LogP contribution in [0.4, 0.5) is 5.69 Å². The molecule has 0 aliphatic carbocycles. The molecule has 0 aromatic heterocycles. The molecule has 2 aliphatic heterocycles. The molecule has 0 bridgehead atoms. The third kappa shape index (κ3) is 1.30. The van der Waals surface area contributed by atoms with Crippen molar-refractivity contribution in [1.82, 2.24) is 0 Å². The maximum absolute atomic E-state index is 3.69. The summed E-state index contributed by atoms with van der Waals surface area (Å²) in [5.74, 6) is 0.515. The van der Waals surface area contributed by atoms with E-state index in [0.717, 1.165) is 0 Å². The first-order chi connectivity index (χ1) is 8.84. The van der Waals surface area contributed by atoms with Crippen LogP contribution < -0.4 is 5.32 Å². The van der Waals surface area contributed by atoms with Crippen LogP contribution >= 0.6 is 0 Å². The van der Waals surface area contributed by atoms with Crippen LogP contribution in [0.3, 0.4) is 0 Å². The molecule has 2 heterocycles. The zero-order chi connectivity index (χ0) is 12.1. The molecule has 0 radical (unpaired) electrons. The number of nitrogens with one attached hydrogen (secondary N) is 1. The fourth-order valence-corrected chi connectivity index (χ4v) is 4.30. The molecule has 1 N–H and O–H groups in total. The van der Waals surface area contributed by atoms with Gasteiger partial charge in [-0.3, -0.25) is 0 Å².